The van der Waals surface area contributed by atoms with E-state index in [0.717, 1.165) is 29.7 Å². The molecule has 0 aliphatic carbocycles. The van der Waals surface area contributed by atoms with Crippen LogP contribution >= 0.6 is 11.6 Å². The number of rotatable bonds is 6. The summed E-state index contributed by atoms with van der Waals surface area (Å²) in [5.41, 5.74) is 0.788. The van der Waals surface area contributed by atoms with Crippen molar-refractivity contribution in [2.75, 3.05) is 40.3 Å². The van der Waals surface area contributed by atoms with E-state index in [1.807, 2.05) is 12.1 Å². The quantitative estimate of drug-likeness (QED) is 0.159. The lowest BCUT2D eigenvalue weighted by atomic mass is 10.1. The van der Waals surface area contributed by atoms with Crippen LogP contribution in [0.2, 0.25) is 0 Å². The topological polar surface area (TPSA) is 45.7 Å². The van der Waals surface area contributed by atoms with E-state index in [-0.39, 0.29) is 54.6 Å². The van der Waals surface area contributed by atoms with Gasteiger partial charge in [-0.1, -0.05) is 11.6 Å². The predicted molar refractivity (Wildman–Crippen MR) is 87.0 cm³/mol. The highest BCUT2D eigenvalue weighted by Crippen LogP contribution is 2.16. The van der Waals surface area contributed by atoms with E-state index in [2.05, 4.69) is 12.0 Å². The first kappa shape index (κ1) is 24.3. The van der Waals surface area contributed by atoms with Crippen LogP contribution in [0.1, 0.15) is 24.8 Å². The summed E-state index contributed by atoms with van der Waals surface area (Å²) in [4.78, 5) is 9.58. The molecule has 138 valence electrons. The predicted octanol–water partition coefficient (Wildman–Crippen LogP) is -4.98. The molecule has 1 fully saturated rings. The summed E-state index contributed by atoms with van der Waals surface area (Å²) in [6.07, 6.45) is 6.87. The van der Waals surface area contributed by atoms with E-state index < -0.39 is 6.10 Å². The molecule has 0 bridgehead atoms. The van der Waals surface area contributed by atoms with Crippen LogP contribution < -0.4 is 57.5 Å². The maximum atomic E-state index is 10.2. The van der Waals surface area contributed by atoms with Gasteiger partial charge in [0.05, 0.1) is 25.7 Å². The summed E-state index contributed by atoms with van der Waals surface area (Å²) >= 11 is 6.00. The van der Waals surface area contributed by atoms with E-state index in [0.29, 0.717) is 5.17 Å². The Labute approximate surface area is 183 Å². The smallest absolute Gasteiger partial charge is 0.232 e. The van der Waals surface area contributed by atoms with Crippen LogP contribution in [-0.4, -0.2) is 61.2 Å². The number of likely N-dealkylation sites (N-methyl/N-ethyl adjacent to an activating group) is 1. The number of hydrogen-bond acceptors (Lipinski definition) is 3. The molecule has 1 saturated heterocycles. The fourth-order valence-corrected chi connectivity index (χ4v) is 3.09. The highest BCUT2D eigenvalue weighted by molar-refractivity contribution is 6.69. The number of aliphatic imine (C=N–C) groups is 1. The zero-order chi connectivity index (χ0) is 16.0. The Morgan fingerprint density at radius 2 is 2.04 bits per heavy atom. The fourth-order valence-electron chi connectivity index (χ4n) is 2.98. The summed E-state index contributed by atoms with van der Waals surface area (Å²) in [5.74, 6) is 0. The number of halogens is 3. The second kappa shape index (κ2) is 11.8. The molecule has 1 aliphatic heterocycles. The van der Waals surface area contributed by atoms with Gasteiger partial charge in [-0.3, -0.25) is 9.83 Å². The molecule has 8 heteroatoms. The second-order valence-electron chi connectivity index (χ2n) is 6.23. The molecule has 1 aromatic rings. The van der Waals surface area contributed by atoms with Gasteiger partial charge in [-0.25, -0.2) is 0 Å². The van der Waals surface area contributed by atoms with Gasteiger partial charge in [0.1, 0.15) is 17.8 Å². The monoisotopic (exact) mass is 581 g/mol. The number of aliphatic hydroxyl groups excluding tert-OH is 1. The molecule has 1 aliphatic rings. The van der Waals surface area contributed by atoms with Crippen molar-refractivity contribution in [2.45, 2.75) is 25.4 Å². The van der Waals surface area contributed by atoms with E-state index in [1.165, 1.54) is 19.3 Å². The minimum absolute atomic E-state index is 0. The molecule has 24 heavy (non-hydrogen) atoms. The van der Waals surface area contributed by atoms with Crippen molar-refractivity contribution in [3.63, 3.8) is 0 Å². The lowest BCUT2D eigenvalue weighted by Crippen LogP contribution is -3.00. The Kier molecular flexibility index (Phi) is 12.0. The first-order valence-electron chi connectivity index (χ1n) is 7.81. The molecule has 1 unspecified atom stereocenters. The van der Waals surface area contributed by atoms with Crippen LogP contribution in [0.5, 0.6) is 0 Å². The SMILES string of the molecule is CN=C(Cl)c1ccc[n+](OCC(O)C[N+]2(C)CCCCC2)c1.[I-].[I-]. The molecule has 0 aromatic carbocycles. The number of aromatic nitrogens is 1. The molecular weight excluding hydrogens is 555 g/mol. The van der Waals surface area contributed by atoms with Gasteiger partial charge in [0, 0.05) is 17.8 Å². The first-order valence-corrected chi connectivity index (χ1v) is 8.19. The maximum Gasteiger partial charge on any atom is 0.232 e. The van der Waals surface area contributed by atoms with Crippen LogP contribution in [0.25, 0.3) is 0 Å². The highest BCUT2D eigenvalue weighted by Gasteiger charge is 2.28. The summed E-state index contributed by atoms with van der Waals surface area (Å²) in [6.45, 7) is 3.28. The summed E-state index contributed by atoms with van der Waals surface area (Å²) < 4.78 is 2.51. The number of piperidine rings is 1. The zero-order valence-electron chi connectivity index (χ0n) is 14.2. The highest BCUT2D eigenvalue weighted by atomic mass is 127. The Morgan fingerprint density at radius 3 is 2.67 bits per heavy atom. The average Bonchev–Trinajstić information content (AvgIpc) is 2.52. The van der Waals surface area contributed by atoms with Gasteiger partial charge in [0.25, 0.3) is 0 Å². The van der Waals surface area contributed by atoms with Crippen molar-refractivity contribution in [1.82, 2.24) is 0 Å². The molecule has 0 saturated carbocycles. The number of pyridine rings is 1. The summed E-state index contributed by atoms with van der Waals surface area (Å²) in [6, 6.07) is 3.71. The number of nitrogens with zero attached hydrogens (tertiary/aromatic N) is 3. The van der Waals surface area contributed by atoms with Crippen molar-refractivity contribution in [3.8, 4) is 0 Å². The van der Waals surface area contributed by atoms with E-state index in [9.17, 15) is 5.11 Å². The van der Waals surface area contributed by atoms with Crippen LogP contribution in [0.15, 0.2) is 29.5 Å². The summed E-state index contributed by atoms with van der Waals surface area (Å²) in [5, 5.41) is 10.7. The molecule has 0 amide bonds. The van der Waals surface area contributed by atoms with Crippen molar-refractivity contribution >= 4 is 16.8 Å². The third-order valence-corrected chi connectivity index (χ3v) is 4.56. The number of quaternary nitrogens is 1. The van der Waals surface area contributed by atoms with Crippen LogP contribution in [-0.2, 0) is 0 Å². The van der Waals surface area contributed by atoms with Crippen molar-refractivity contribution in [2.24, 2.45) is 4.99 Å². The normalized spacial score (nSPS) is 18.1. The van der Waals surface area contributed by atoms with Gasteiger partial charge in [0.2, 0.25) is 12.4 Å². The molecule has 0 spiro atoms. The van der Waals surface area contributed by atoms with Crippen LogP contribution in [0.3, 0.4) is 0 Å². The largest absolute Gasteiger partial charge is 1.00 e. The van der Waals surface area contributed by atoms with E-state index in [1.54, 1.807) is 24.2 Å². The maximum absolute atomic E-state index is 10.2. The minimum Gasteiger partial charge on any atom is -1.00 e. The average molecular weight is 582 g/mol. The zero-order valence-corrected chi connectivity index (χ0v) is 19.2. The second-order valence-corrected chi connectivity index (χ2v) is 6.58. The molecule has 1 atom stereocenters. The molecule has 1 N–H and O–H groups in total. The van der Waals surface area contributed by atoms with Gasteiger partial charge < -0.3 is 57.5 Å². The van der Waals surface area contributed by atoms with Crippen molar-refractivity contribution < 1.29 is 67.1 Å². The van der Waals surface area contributed by atoms with Crippen LogP contribution in [0, 0.1) is 0 Å². The van der Waals surface area contributed by atoms with Gasteiger partial charge in [-0.2, -0.15) is 0 Å². The lowest BCUT2D eigenvalue weighted by Gasteiger charge is -2.38. The number of aliphatic hydroxyl groups is 1. The Hall–Kier alpha value is 0.290. The lowest BCUT2D eigenvalue weighted by molar-refractivity contribution is -0.921. The molecule has 2 rings (SSSR count). The Morgan fingerprint density at radius 1 is 1.38 bits per heavy atom. The van der Waals surface area contributed by atoms with E-state index in [4.69, 9.17) is 16.4 Å². The standard InChI is InChI=1S/C16H26ClN3O2.2HI/c1-18-16(17)14-7-6-8-19(11-14)22-13-15(21)12-20(2)9-4-3-5-10-20;;/h6-8,11,15,21H,3-5,9-10,12-13H2,1-2H3;2*1H/q+2;;/p-2. The first-order chi connectivity index (χ1) is 10.5. The molecule has 5 nitrogen and oxygen atoms in total. The minimum atomic E-state index is -0.477. The van der Waals surface area contributed by atoms with Gasteiger partial charge in [0.15, 0.2) is 6.61 Å². The molecule has 1 aromatic heterocycles. The summed E-state index contributed by atoms with van der Waals surface area (Å²) in [7, 11) is 3.86. The van der Waals surface area contributed by atoms with Crippen molar-refractivity contribution in [1.29, 1.82) is 0 Å². The van der Waals surface area contributed by atoms with Crippen molar-refractivity contribution in [3.05, 3.63) is 30.1 Å². The number of likely N-dealkylation sites (tertiary alicyclic amines) is 1. The van der Waals surface area contributed by atoms with Gasteiger partial charge in [-0.05, 0) is 25.3 Å². The van der Waals surface area contributed by atoms with Crippen LogP contribution in [0.4, 0.5) is 0 Å². The number of hydrogen-bond donors (Lipinski definition) is 1. The Bertz CT molecular complexity index is 526. The molecule has 0 radical (unpaired) electrons. The third-order valence-electron chi connectivity index (χ3n) is 4.17. The molecule has 2 heterocycles. The third kappa shape index (κ3) is 7.67. The van der Waals surface area contributed by atoms with Gasteiger partial charge in [-0.15, -0.1) is 0 Å². The van der Waals surface area contributed by atoms with E-state index >= 15 is 0 Å². The Balaban J connectivity index is 0.00000264. The molecular formula is C16H26ClI2N3O2. The van der Waals surface area contributed by atoms with Gasteiger partial charge >= 0.3 is 0 Å². The fraction of sp³-hybridized carbons (Fsp3) is 0.625.